The van der Waals surface area contributed by atoms with Crippen LogP contribution in [0.5, 0.6) is 11.5 Å². The minimum atomic E-state index is -1.05. The van der Waals surface area contributed by atoms with Gasteiger partial charge in [-0.15, -0.1) is 0 Å². The van der Waals surface area contributed by atoms with Crippen LogP contribution < -0.4 is 15.2 Å². The second kappa shape index (κ2) is 8.71. The lowest BCUT2D eigenvalue weighted by molar-refractivity contribution is -0.139. The molecule has 31 heavy (non-hydrogen) atoms. The highest BCUT2D eigenvalue weighted by Gasteiger charge is 2.31. The molecule has 0 bridgehead atoms. The second-order valence-electron chi connectivity index (χ2n) is 7.83. The third-order valence-corrected chi connectivity index (χ3v) is 5.90. The van der Waals surface area contributed by atoms with Crippen LogP contribution in [0.4, 0.5) is 0 Å². The molecule has 7 heteroatoms. The van der Waals surface area contributed by atoms with E-state index in [0.29, 0.717) is 18.7 Å². The number of carboxylic acid groups (broad SMARTS) is 1. The lowest BCUT2D eigenvalue weighted by atomic mass is 9.92. The molecule has 0 saturated heterocycles. The van der Waals surface area contributed by atoms with Crippen molar-refractivity contribution in [1.82, 2.24) is 4.57 Å². The zero-order valence-corrected chi connectivity index (χ0v) is 17.5. The first-order chi connectivity index (χ1) is 15.0. The lowest BCUT2D eigenvalue weighted by Gasteiger charge is -2.14. The first-order valence-corrected chi connectivity index (χ1v) is 10.4. The summed E-state index contributed by atoms with van der Waals surface area (Å²) in [6.07, 6.45) is 3.37. The van der Waals surface area contributed by atoms with E-state index in [9.17, 15) is 9.59 Å². The summed E-state index contributed by atoms with van der Waals surface area (Å²) in [7, 11) is 1.64. The van der Waals surface area contributed by atoms with Gasteiger partial charge in [-0.1, -0.05) is 24.6 Å². The van der Waals surface area contributed by atoms with Gasteiger partial charge in [0.1, 0.15) is 11.5 Å². The smallest absolute Gasteiger partial charge is 0.341 e. The molecule has 1 aliphatic carbocycles. The summed E-state index contributed by atoms with van der Waals surface area (Å²) in [4.78, 5) is 23.5. The van der Waals surface area contributed by atoms with Crippen molar-refractivity contribution in [2.24, 2.45) is 5.73 Å². The highest BCUT2D eigenvalue weighted by molar-refractivity contribution is 5.97. The van der Waals surface area contributed by atoms with Crippen molar-refractivity contribution in [3.05, 3.63) is 59.3 Å². The number of fused-ring (bicyclic) bond motifs is 3. The number of benzene rings is 2. The van der Waals surface area contributed by atoms with E-state index in [1.807, 2.05) is 36.4 Å². The van der Waals surface area contributed by atoms with Crippen LogP contribution >= 0.6 is 0 Å². The fourth-order valence-corrected chi connectivity index (χ4v) is 4.52. The van der Waals surface area contributed by atoms with Gasteiger partial charge in [-0.25, -0.2) is 4.79 Å². The number of hydrogen-bond donors (Lipinski definition) is 2. The van der Waals surface area contributed by atoms with E-state index in [0.717, 1.165) is 52.7 Å². The lowest BCUT2D eigenvalue weighted by Crippen LogP contribution is -2.21. The van der Waals surface area contributed by atoms with Crippen molar-refractivity contribution < 1.29 is 24.2 Å². The Morgan fingerprint density at radius 1 is 1.16 bits per heavy atom. The zero-order valence-electron chi connectivity index (χ0n) is 17.5. The molecule has 2 aromatic carbocycles. The Morgan fingerprint density at radius 3 is 2.61 bits per heavy atom. The maximum absolute atomic E-state index is 12.4. The summed E-state index contributed by atoms with van der Waals surface area (Å²) >= 11 is 0. The maximum atomic E-state index is 12.4. The average molecular weight is 422 g/mol. The van der Waals surface area contributed by atoms with Gasteiger partial charge < -0.3 is 24.9 Å². The summed E-state index contributed by atoms with van der Waals surface area (Å²) in [6.45, 7) is 0.169. The van der Waals surface area contributed by atoms with Crippen molar-refractivity contribution in [2.45, 2.75) is 38.1 Å². The van der Waals surface area contributed by atoms with E-state index in [4.69, 9.17) is 20.3 Å². The Balaban J connectivity index is 1.90. The van der Waals surface area contributed by atoms with Gasteiger partial charge in [-0.05, 0) is 54.7 Å². The molecule has 1 aromatic heterocycles. The van der Waals surface area contributed by atoms with Crippen LogP contribution in [0.1, 0.15) is 42.0 Å². The molecule has 1 unspecified atom stereocenters. The second-order valence-corrected chi connectivity index (χ2v) is 7.83. The Bertz CT molecular complexity index is 1120. The third-order valence-electron chi connectivity index (χ3n) is 5.90. The maximum Gasteiger partial charge on any atom is 0.341 e. The molecule has 3 aromatic rings. The van der Waals surface area contributed by atoms with Crippen LogP contribution in [-0.4, -0.2) is 35.3 Å². The summed E-state index contributed by atoms with van der Waals surface area (Å²) in [5.41, 5.74) is 9.77. The fraction of sp³-hybridized carbons (Fsp3) is 0.333. The number of carbonyl (C=O) groups excluding carboxylic acids is 1. The van der Waals surface area contributed by atoms with E-state index in [1.54, 1.807) is 13.2 Å². The number of primary amides is 1. The predicted octanol–water partition coefficient (Wildman–Crippen LogP) is 3.46. The third kappa shape index (κ3) is 4.08. The molecular formula is C24H26N2O5. The van der Waals surface area contributed by atoms with Crippen molar-refractivity contribution in [3.63, 3.8) is 0 Å². The molecule has 3 N–H and O–H groups in total. The van der Waals surface area contributed by atoms with E-state index < -0.39 is 18.5 Å². The number of aromatic nitrogens is 1. The minimum Gasteiger partial charge on any atom is -0.497 e. The van der Waals surface area contributed by atoms with Crippen LogP contribution in [0.3, 0.4) is 0 Å². The Kier molecular flexibility index (Phi) is 5.84. The number of nitrogens with two attached hydrogens (primary N) is 1. The van der Waals surface area contributed by atoms with Crippen LogP contribution in [-0.2, 0) is 22.6 Å². The molecule has 0 fully saturated rings. The topological polar surface area (TPSA) is 104 Å². The minimum absolute atomic E-state index is 0.361. The van der Waals surface area contributed by atoms with Gasteiger partial charge in [0.15, 0.2) is 6.61 Å². The van der Waals surface area contributed by atoms with Crippen LogP contribution in [0, 0.1) is 0 Å². The van der Waals surface area contributed by atoms with Crippen LogP contribution in [0.15, 0.2) is 42.5 Å². The van der Waals surface area contributed by atoms with E-state index >= 15 is 0 Å². The summed E-state index contributed by atoms with van der Waals surface area (Å²) in [6, 6.07) is 13.5. The van der Waals surface area contributed by atoms with Crippen molar-refractivity contribution in [3.8, 4) is 11.5 Å². The van der Waals surface area contributed by atoms with E-state index in [-0.39, 0.29) is 5.91 Å². The number of carboxylic acids is 1. The number of aliphatic carboxylic acids is 1. The van der Waals surface area contributed by atoms with E-state index in [1.165, 1.54) is 0 Å². The normalized spacial score (nSPS) is 15.8. The average Bonchev–Trinajstić information content (AvgIpc) is 2.91. The summed E-state index contributed by atoms with van der Waals surface area (Å²) in [5.74, 6) is -0.575. The molecule has 4 rings (SSSR count). The molecule has 7 nitrogen and oxygen atoms in total. The SMILES string of the molecule is COc1ccc(Cn2c3c(c4c(OCC(=O)O)cccc42)C(C(N)=O)CCCC3)cc1. The largest absolute Gasteiger partial charge is 0.497 e. The quantitative estimate of drug-likeness (QED) is 0.568. The number of rotatable bonds is 7. The standard InChI is InChI=1S/C24H26N2O5/c1-30-16-11-9-15(10-12-16)13-26-18-6-3-2-5-17(24(25)29)22(18)23-19(26)7-4-8-20(23)31-14-21(27)28/h4,7-12,17H,2-3,5-6,13-14H2,1H3,(H2,25,29)(H,27,28). The molecular weight excluding hydrogens is 396 g/mol. The zero-order chi connectivity index (χ0) is 22.0. The molecule has 1 heterocycles. The molecule has 1 amide bonds. The number of hydrogen-bond acceptors (Lipinski definition) is 4. The molecule has 1 atom stereocenters. The van der Waals surface area contributed by atoms with Crippen LogP contribution in [0.2, 0.25) is 0 Å². The molecule has 162 valence electrons. The van der Waals surface area contributed by atoms with Gasteiger partial charge in [0.05, 0.1) is 18.5 Å². The Morgan fingerprint density at radius 2 is 1.94 bits per heavy atom. The number of methoxy groups -OCH3 is 1. The van der Waals surface area contributed by atoms with Crippen molar-refractivity contribution >= 4 is 22.8 Å². The first-order valence-electron chi connectivity index (χ1n) is 10.4. The van der Waals surface area contributed by atoms with Crippen molar-refractivity contribution in [1.29, 1.82) is 0 Å². The van der Waals surface area contributed by atoms with Gasteiger partial charge in [-0.3, -0.25) is 4.79 Å². The molecule has 1 aliphatic rings. The molecule has 0 radical (unpaired) electrons. The van der Waals surface area contributed by atoms with Gasteiger partial charge in [0.25, 0.3) is 0 Å². The number of ether oxygens (including phenoxy) is 2. The number of carbonyl (C=O) groups is 2. The van der Waals surface area contributed by atoms with Gasteiger partial charge in [-0.2, -0.15) is 0 Å². The van der Waals surface area contributed by atoms with Crippen molar-refractivity contribution in [2.75, 3.05) is 13.7 Å². The molecule has 0 saturated carbocycles. The summed E-state index contributed by atoms with van der Waals surface area (Å²) in [5, 5.41) is 9.89. The predicted molar refractivity (Wildman–Crippen MR) is 117 cm³/mol. The fourth-order valence-electron chi connectivity index (χ4n) is 4.52. The monoisotopic (exact) mass is 422 g/mol. The van der Waals surface area contributed by atoms with E-state index in [2.05, 4.69) is 4.57 Å². The Hall–Kier alpha value is -3.48. The van der Waals surface area contributed by atoms with Gasteiger partial charge in [0.2, 0.25) is 5.91 Å². The molecule has 0 aliphatic heterocycles. The molecule has 0 spiro atoms. The highest BCUT2D eigenvalue weighted by atomic mass is 16.5. The van der Waals surface area contributed by atoms with Gasteiger partial charge >= 0.3 is 5.97 Å². The van der Waals surface area contributed by atoms with Gasteiger partial charge in [0, 0.05) is 17.6 Å². The first kappa shape index (κ1) is 20.8. The number of amides is 1. The van der Waals surface area contributed by atoms with Crippen LogP contribution in [0.25, 0.3) is 10.9 Å². The number of nitrogens with zero attached hydrogens (tertiary/aromatic N) is 1. The summed E-state index contributed by atoms with van der Waals surface area (Å²) < 4.78 is 13.1. The Labute approximate surface area is 180 Å². The highest BCUT2D eigenvalue weighted by Crippen LogP contribution is 2.42.